The Kier molecular flexibility index (Phi) is 4.06. The SMILES string of the molecule is Cc1cc(C)n(C[C@@H]2CCCN2C(=O)CN2C(=O)CNC2=O)n1. The third-order valence-electron chi connectivity index (χ3n) is 4.41. The molecule has 2 saturated heterocycles. The quantitative estimate of drug-likeness (QED) is 0.794. The van der Waals surface area contributed by atoms with Gasteiger partial charge in [0.15, 0.2) is 0 Å². The molecule has 23 heavy (non-hydrogen) atoms. The summed E-state index contributed by atoms with van der Waals surface area (Å²) in [5.41, 5.74) is 2.02. The summed E-state index contributed by atoms with van der Waals surface area (Å²) in [5.74, 6) is -0.530. The van der Waals surface area contributed by atoms with Crippen molar-refractivity contribution in [3.8, 4) is 0 Å². The maximum absolute atomic E-state index is 12.5. The van der Waals surface area contributed by atoms with Gasteiger partial charge >= 0.3 is 6.03 Å². The molecule has 0 spiro atoms. The number of likely N-dealkylation sites (tertiary alicyclic amines) is 1. The maximum Gasteiger partial charge on any atom is 0.325 e. The third-order valence-corrected chi connectivity index (χ3v) is 4.41. The minimum absolute atomic E-state index is 0.0265. The van der Waals surface area contributed by atoms with E-state index in [9.17, 15) is 14.4 Å². The Balaban J connectivity index is 1.66. The van der Waals surface area contributed by atoms with E-state index < -0.39 is 6.03 Å². The molecule has 0 aliphatic carbocycles. The number of hydrogen-bond donors (Lipinski definition) is 1. The first-order chi connectivity index (χ1) is 11.0. The lowest BCUT2D eigenvalue weighted by Crippen LogP contribution is -2.46. The number of nitrogens with zero attached hydrogens (tertiary/aromatic N) is 4. The number of amides is 4. The van der Waals surface area contributed by atoms with Crippen LogP contribution in [0.5, 0.6) is 0 Å². The van der Waals surface area contributed by atoms with E-state index in [-0.39, 0.29) is 30.9 Å². The van der Waals surface area contributed by atoms with Gasteiger partial charge in [0.25, 0.3) is 5.91 Å². The first-order valence-electron chi connectivity index (χ1n) is 7.84. The van der Waals surface area contributed by atoms with E-state index >= 15 is 0 Å². The molecular formula is C15H21N5O3. The van der Waals surface area contributed by atoms with Crippen LogP contribution in [-0.4, -0.2) is 63.1 Å². The highest BCUT2D eigenvalue weighted by molar-refractivity contribution is 6.04. The Hall–Kier alpha value is -2.38. The van der Waals surface area contributed by atoms with E-state index in [0.29, 0.717) is 13.1 Å². The van der Waals surface area contributed by atoms with E-state index in [1.54, 1.807) is 4.90 Å². The molecule has 0 unspecified atom stereocenters. The molecule has 2 aliphatic rings. The molecule has 8 nitrogen and oxygen atoms in total. The van der Waals surface area contributed by atoms with E-state index in [2.05, 4.69) is 10.4 Å². The van der Waals surface area contributed by atoms with Gasteiger partial charge in [-0.05, 0) is 32.8 Å². The number of carbonyl (C=O) groups is 3. The smallest absolute Gasteiger partial charge is 0.325 e. The molecule has 0 saturated carbocycles. The van der Waals surface area contributed by atoms with Crippen LogP contribution in [0.1, 0.15) is 24.2 Å². The summed E-state index contributed by atoms with van der Waals surface area (Å²) in [7, 11) is 0. The summed E-state index contributed by atoms with van der Waals surface area (Å²) in [6, 6.07) is 1.58. The summed E-state index contributed by atoms with van der Waals surface area (Å²) in [5, 5.41) is 6.87. The summed E-state index contributed by atoms with van der Waals surface area (Å²) >= 11 is 0. The average Bonchev–Trinajstić information content (AvgIpc) is 3.16. The molecular weight excluding hydrogens is 298 g/mol. The highest BCUT2D eigenvalue weighted by Gasteiger charge is 2.35. The van der Waals surface area contributed by atoms with Crippen molar-refractivity contribution in [3.05, 3.63) is 17.5 Å². The predicted octanol–water partition coefficient (Wildman–Crippen LogP) is 0.0427. The second-order valence-electron chi connectivity index (χ2n) is 6.13. The molecule has 1 atom stereocenters. The number of rotatable bonds is 4. The Bertz CT molecular complexity index is 638. The van der Waals surface area contributed by atoms with E-state index in [1.807, 2.05) is 24.6 Å². The van der Waals surface area contributed by atoms with Gasteiger partial charge < -0.3 is 10.2 Å². The monoisotopic (exact) mass is 319 g/mol. The molecule has 0 radical (unpaired) electrons. The first-order valence-corrected chi connectivity index (χ1v) is 7.84. The van der Waals surface area contributed by atoms with E-state index in [1.165, 1.54) is 0 Å². The first kappa shape index (κ1) is 15.5. The Morgan fingerprint density at radius 3 is 2.78 bits per heavy atom. The van der Waals surface area contributed by atoms with Crippen molar-refractivity contribution >= 4 is 17.8 Å². The maximum atomic E-state index is 12.5. The fraction of sp³-hybridized carbons (Fsp3) is 0.600. The van der Waals surface area contributed by atoms with Crippen molar-refractivity contribution in [2.24, 2.45) is 0 Å². The zero-order valence-electron chi connectivity index (χ0n) is 13.4. The predicted molar refractivity (Wildman–Crippen MR) is 81.5 cm³/mol. The van der Waals surface area contributed by atoms with Crippen molar-refractivity contribution in [2.75, 3.05) is 19.6 Å². The van der Waals surface area contributed by atoms with Crippen molar-refractivity contribution in [2.45, 2.75) is 39.3 Å². The van der Waals surface area contributed by atoms with Crippen LogP contribution in [0, 0.1) is 13.8 Å². The Morgan fingerprint density at radius 1 is 1.39 bits per heavy atom. The summed E-state index contributed by atoms with van der Waals surface area (Å²) in [4.78, 5) is 38.4. The number of aromatic nitrogens is 2. The Morgan fingerprint density at radius 2 is 2.17 bits per heavy atom. The molecule has 1 N–H and O–H groups in total. The molecule has 4 amide bonds. The van der Waals surface area contributed by atoms with Gasteiger partial charge in [0, 0.05) is 12.2 Å². The summed E-state index contributed by atoms with van der Waals surface area (Å²) in [6.45, 7) is 5.03. The van der Waals surface area contributed by atoms with Crippen LogP contribution in [-0.2, 0) is 16.1 Å². The van der Waals surface area contributed by atoms with Crippen LogP contribution in [0.15, 0.2) is 6.07 Å². The van der Waals surface area contributed by atoms with Crippen LogP contribution in [0.4, 0.5) is 4.79 Å². The van der Waals surface area contributed by atoms with Gasteiger partial charge in [-0.15, -0.1) is 0 Å². The van der Waals surface area contributed by atoms with Crippen molar-refractivity contribution in [1.82, 2.24) is 24.9 Å². The topological polar surface area (TPSA) is 87.5 Å². The highest BCUT2D eigenvalue weighted by atomic mass is 16.2. The standard InChI is InChI=1S/C15H21N5O3/c1-10-6-11(2)20(17-10)8-12-4-3-5-18(12)14(22)9-19-13(21)7-16-15(19)23/h6,12H,3-5,7-9H2,1-2H3,(H,16,23)/t12-/m0/s1. The number of urea groups is 1. The molecule has 0 aromatic carbocycles. The normalized spacial score (nSPS) is 21.2. The lowest BCUT2D eigenvalue weighted by atomic mass is 10.2. The van der Waals surface area contributed by atoms with Gasteiger partial charge in [-0.3, -0.25) is 19.2 Å². The van der Waals surface area contributed by atoms with Gasteiger partial charge in [-0.2, -0.15) is 5.10 Å². The highest BCUT2D eigenvalue weighted by Crippen LogP contribution is 2.20. The molecule has 8 heteroatoms. The Labute approximate surface area is 134 Å². The fourth-order valence-electron chi connectivity index (χ4n) is 3.25. The number of carbonyl (C=O) groups excluding carboxylic acids is 3. The summed E-state index contributed by atoms with van der Waals surface area (Å²) in [6.07, 6.45) is 1.83. The molecule has 2 aliphatic heterocycles. The average molecular weight is 319 g/mol. The second kappa shape index (κ2) is 6.02. The van der Waals surface area contributed by atoms with Gasteiger partial charge in [-0.25, -0.2) is 4.79 Å². The van der Waals surface area contributed by atoms with Crippen molar-refractivity contribution < 1.29 is 14.4 Å². The van der Waals surface area contributed by atoms with E-state index in [0.717, 1.165) is 29.1 Å². The second-order valence-corrected chi connectivity index (χ2v) is 6.13. The summed E-state index contributed by atoms with van der Waals surface area (Å²) < 4.78 is 1.92. The fourth-order valence-corrected chi connectivity index (χ4v) is 3.25. The molecule has 0 bridgehead atoms. The molecule has 124 valence electrons. The number of imide groups is 1. The molecule has 1 aromatic heterocycles. The minimum Gasteiger partial charge on any atom is -0.336 e. The van der Waals surface area contributed by atoms with Crippen LogP contribution in [0.3, 0.4) is 0 Å². The van der Waals surface area contributed by atoms with Gasteiger partial charge in [-0.1, -0.05) is 0 Å². The lowest BCUT2D eigenvalue weighted by molar-refractivity contribution is -0.137. The molecule has 2 fully saturated rings. The van der Waals surface area contributed by atoms with Crippen LogP contribution >= 0.6 is 0 Å². The zero-order chi connectivity index (χ0) is 16.6. The molecule has 1 aromatic rings. The van der Waals surface area contributed by atoms with E-state index in [4.69, 9.17) is 0 Å². The number of nitrogens with one attached hydrogen (secondary N) is 1. The molecule has 3 heterocycles. The van der Waals surface area contributed by atoms with Crippen molar-refractivity contribution in [1.29, 1.82) is 0 Å². The number of hydrogen-bond acceptors (Lipinski definition) is 4. The third kappa shape index (κ3) is 3.06. The molecule has 3 rings (SSSR count). The van der Waals surface area contributed by atoms with Gasteiger partial charge in [0.05, 0.1) is 24.8 Å². The van der Waals surface area contributed by atoms with Crippen LogP contribution in [0.25, 0.3) is 0 Å². The van der Waals surface area contributed by atoms with Crippen LogP contribution < -0.4 is 5.32 Å². The minimum atomic E-state index is -0.488. The van der Waals surface area contributed by atoms with Gasteiger partial charge in [0.2, 0.25) is 5.91 Å². The van der Waals surface area contributed by atoms with Crippen molar-refractivity contribution in [3.63, 3.8) is 0 Å². The number of aryl methyl sites for hydroxylation is 2. The van der Waals surface area contributed by atoms with Gasteiger partial charge in [0.1, 0.15) is 6.54 Å². The van der Waals surface area contributed by atoms with Crippen LogP contribution in [0.2, 0.25) is 0 Å². The lowest BCUT2D eigenvalue weighted by Gasteiger charge is -2.26. The largest absolute Gasteiger partial charge is 0.336 e. The zero-order valence-corrected chi connectivity index (χ0v) is 13.4.